The summed E-state index contributed by atoms with van der Waals surface area (Å²) in [5.74, 6) is -0.322. The number of carbonyl (C=O) groups excluding carboxylic acids is 2. The molecule has 25 heavy (non-hydrogen) atoms. The van der Waals surface area contributed by atoms with Gasteiger partial charge in [-0.3, -0.25) is 14.9 Å². The van der Waals surface area contributed by atoms with Gasteiger partial charge in [-0.25, -0.2) is 4.79 Å². The average molecular weight is 343 g/mol. The van der Waals surface area contributed by atoms with Gasteiger partial charge < -0.3 is 15.4 Å². The fourth-order valence-corrected chi connectivity index (χ4v) is 1.94. The summed E-state index contributed by atoms with van der Waals surface area (Å²) in [6.45, 7) is 0.272. The number of anilines is 1. The molecule has 2 N–H and O–H groups in total. The Balaban J connectivity index is 1.66. The molecule has 0 radical (unpaired) electrons. The van der Waals surface area contributed by atoms with E-state index in [9.17, 15) is 19.7 Å². The van der Waals surface area contributed by atoms with E-state index in [1.807, 2.05) is 30.3 Å². The summed E-state index contributed by atoms with van der Waals surface area (Å²) in [7, 11) is 0. The molecule has 0 heterocycles. The van der Waals surface area contributed by atoms with E-state index in [1.54, 1.807) is 0 Å². The molecule has 0 aliphatic carbocycles. The van der Waals surface area contributed by atoms with E-state index in [1.165, 1.54) is 24.3 Å². The standard InChI is InChI=1S/C17H17N3O5/c21-16(19-14-6-8-15(9-7-14)20(23)24)10-11-18-17(22)25-12-13-4-2-1-3-5-13/h1-9H,10-12H2,(H,18,22)(H,19,21). The number of alkyl carbamates (subject to hydrolysis) is 1. The number of nitrogens with one attached hydrogen (secondary N) is 2. The lowest BCUT2D eigenvalue weighted by Crippen LogP contribution is -2.28. The summed E-state index contributed by atoms with van der Waals surface area (Å²) in [5, 5.41) is 15.6. The van der Waals surface area contributed by atoms with Crippen LogP contribution in [-0.2, 0) is 16.1 Å². The molecule has 2 aromatic rings. The maximum absolute atomic E-state index is 11.8. The van der Waals surface area contributed by atoms with Crippen LogP contribution in [0.3, 0.4) is 0 Å². The zero-order chi connectivity index (χ0) is 18.1. The van der Waals surface area contributed by atoms with E-state index in [2.05, 4.69) is 10.6 Å². The van der Waals surface area contributed by atoms with E-state index in [0.717, 1.165) is 5.56 Å². The van der Waals surface area contributed by atoms with Crippen molar-refractivity contribution in [3.05, 3.63) is 70.3 Å². The highest BCUT2D eigenvalue weighted by atomic mass is 16.6. The van der Waals surface area contributed by atoms with Gasteiger partial charge in [-0.2, -0.15) is 0 Å². The summed E-state index contributed by atoms with van der Waals surface area (Å²) in [5.41, 5.74) is 1.26. The van der Waals surface area contributed by atoms with Crippen LogP contribution < -0.4 is 10.6 Å². The number of nitrogens with zero attached hydrogens (tertiary/aromatic N) is 1. The fourth-order valence-electron chi connectivity index (χ4n) is 1.94. The molecule has 0 spiro atoms. The second kappa shape index (κ2) is 9.02. The molecule has 130 valence electrons. The van der Waals surface area contributed by atoms with Crippen molar-refractivity contribution in [2.24, 2.45) is 0 Å². The van der Waals surface area contributed by atoms with Gasteiger partial charge in [0.1, 0.15) is 6.61 Å². The molecular formula is C17H17N3O5. The lowest BCUT2D eigenvalue weighted by Gasteiger charge is -2.08. The number of nitro benzene ring substituents is 1. The Morgan fingerprint density at radius 3 is 2.36 bits per heavy atom. The minimum Gasteiger partial charge on any atom is -0.445 e. The van der Waals surface area contributed by atoms with Crippen LogP contribution in [0.25, 0.3) is 0 Å². The third-order valence-electron chi connectivity index (χ3n) is 3.20. The fraction of sp³-hybridized carbons (Fsp3) is 0.176. The number of amides is 2. The summed E-state index contributed by atoms with van der Waals surface area (Å²) in [6, 6.07) is 14.7. The second-order valence-electron chi connectivity index (χ2n) is 5.09. The zero-order valence-corrected chi connectivity index (χ0v) is 13.3. The van der Waals surface area contributed by atoms with E-state index >= 15 is 0 Å². The molecule has 0 unspecified atom stereocenters. The van der Waals surface area contributed by atoms with Gasteiger partial charge in [0.2, 0.25) is 5.91 Å². The Hall–Kier alpha value is -3.42. The molecule has 8 nitrogen and oxygen atoms in total. The van der Waals surface area contributed by atoms with E-state index in [4.69, 9.17) is 4.74 Å². The Morgan fingerprint density at radius 2 is 1.72 bits per heavy atom. The first-order valence-electron chi connectivity index (χ1n) is 7.53. The molecule has 0 saturated heterocycles. The Labute approximate surface area is 144 Å². The molecule has 0 fully saturated rings. The van der Waals surface area contributed by atoms with Gasteiger partial charge in [0, 0.05) is 30.8 Å². The highest BCUT2D eigenvalue weighted by Gasteiger charge is 2.08. The van der Waals surface area contributed by atoms with Gasteiger partial charge in [-0.05, 0) is 17.7 Å². The molecule has 2 rings (SSSR count). The first-order chi connectivity index (χ1) is 12.0. The maximum Gasteiger partial charge on any atom is 0.407 e. The van der Waals surface area contributed by atoms with Crippen molar-refractivity contribution in [1.82, 2.24) is 5.32 Å². The summed E-state index contributed by atoms with van der Waals surface area (Å²) >= 11 is 0. The molecular weight excluding hydrogens is 326 g/mol. The predicted octanol–water partition coefficient (Wildman–Crippen LogP) is 2.85. The first kappa shape index (κ1) is 17.9. The predicted molar refractivity (Wildman–Crippen MR) is 91.0 cm³/mol. The largest absolute Gasteiger partial charge is 0.445 e. The number of non-ortho nitro benzene ring substituents is 1. The van der Waals surface area contributed by atoms with Gasteiger partial charge in [0.05, 0.1) is 4.92 Å². The highest BCUT2D eigenvalue weighted by Crippen LogP contribution is 2.15. The lowest BCUT2D eigenvalue weighted by atomic mass is 10.2. The minimum atomic E-state index is -0.605. The van der Waals surface area contributed by atoms with Crippen LogP contribution in [-0.4, -0.2) is 23.5 Å². The number of hydrogen-bond acceptors (Lipinski definition) is 5. The first-order valence-corrected chi connectivity index (χ1v) is 7.53. The quantitative estimate of drug-likeness (QED) is 0.593. The molecule has 0 aromatic heterocycles. The molecule has 8 heteroatoms. The van der Waals surface area contributed by atoms with Crippen molar-refractivity contribution in [2.75, 3.05) is 11.9 Å². The minimum absolute atomic E-state index is 0.0530. The Morgan fingerprint density at radius 1 is 1.04 bits per heavy atom. The molecule has 0 aliphatic rings. The zero-order valence-electron chi connectivity index (χ0n) is 13.3. The Bertz CT molecular complexity index is 732. The van der Waals surface area contributed by atoms with Crippen LogP contribution in [0, 0.1) is 10.1 Å². The SMILES string of the molecule is O=C(CCNC(=O)OCc1ccccc1)Nc1ccc([N+](=O)[O-])cc1. The third kappa shape index (κ3) is 6.30. The number of benzene rings is 2. The summed E-state index contributed by atoms with van der Waals surface area (Å²) < 4.78 is 5.02. The number of nitro groups is 1. The molecule has 2 aromatic carbocycles. The molecule has 0 saturated carbocycles. The topological polar surface area (TPSA) is 111 Å². The van der Waals surface area contributed by atoms with Gasteiger partial charge >= 0.3 is 6.09 Å². The van der Waals surface area contributed by atoms with E-state index in [0.29, 0.717) is 5.69 Å². The Kier molecular flexibility index (Phi) is 6.47. The molecule has 0 bridgehead atoms. The number of carbonyl (C=O) groups is 2. The molecule has 0 atom stereocenters. The molecule has 0 aliphatic heterocycles. The highest BCUT2D eigenvalue weighted by molar-refractivity contribution is 5.91. The summed E-state index contributed by atoms with van der Waals surface area (Å²) in [4.78, 5) is 33.3. The average Bonchev–Trinajstić information content (AvgIpc) is 2.61. The van der Waals surface area contributed by atoms with Crippen LogP contribution in [0.5, 0.6) is 0 Å². The van der Waals surface area contributed by atoms with Crippen molar-refractivity contribution in [1.29, 1.82) is 0 Å². The van der Waals surface area contributed by atoms with Gasteiger partial charge in [-0.1, -0.05) is 30.3 Å². The maximum atomic E-state index is 11.8. The van der Waals surface area contributed by atoms with Crippen molar-refractivity contribution in [3.8, 4) is 0 Å². The second-order valence-corrected chi connectivity index (χ2v) is 5.09. The number of hydrogen-bond donors (Lipinski definition) is 2. The van der Waals surface area contributed by atoms with Crippen LogP contribution in [0.2, 0.25) is 0 Å². The van der Waals surface area contributed by atoms with Gasteiger partial charge in [-0.15, -0.1) is 0 Å². The normalized spacial score (nSPS) is 9.92. The monoisotopic (exact) mass is 343 g/mol. The van der Waals surface area contributed by atoms with E-state index in [-0.39, 0.29) is 31.2 Å². The summed E-state index contributed by atoms with van der Waals surface area (Å²) in [6.07, 6.45) is -0.552. The van der Waals surface area contributed by atoms with Crippen LogP contribution >= 0.6 is 0 Å². The van der Waals surface area contributed by atoms with Crippen molar-refractivity contribution in [2.45, 2.75) is 13.0 Å². The lowest BCUT2D eigenvalue weighted by molar-refractivity contribution is -0.384. The van der Waals surface area contributed by atoms with Crippen molar-refractivity contribution < 1.29 is 19.2 Å². The van der Waals surface area contributed by atoms with Gasteiger partial charge in [0.15, 0.2) is 0 Å². The third-order valence-corrected chi connectivity index (χ3v) is 3.20. The van der Waals surface area contributed by atoms with Crippen LogP contribution in [0.15, 0.2) is 54.6 Å². The molecule has 2 amide bonds. The van der Waals surface area contributed by atoms with Crippen molar-refractivity contribution in [3.63, 3.8) is 0 Å². The smallest absolute Gasteiger partial charge is 0.407 e. The van der Waals surface area contributed by atoms with E-state index < -0.39 is 11.0 Å². The van der Waals surface area contributed by atoms with Crippen LogP contribution in [0.4, 0.5) is 16.2 Å². The van der Waals surface area contributed by atoms with Crippen molar-refractivity contribution >= 4 is 23.4 Å². The number of rotatable bonds is 7. The van der Waals surface area contributed by atoms with Crippen LogP contribution in [0.1, 0.15) is 12.0 Å². The van der Waals surface area contributed by atoms with Gasteiger partial charge in [0.25, 0.3) is 5.69 Å². The number of ether oxygens (including phenoxy) is 1.